The van der Waals surface area contributed by atoms with E-state index in [0.29, 0.717) is 29.5 Å². The highest BCUT2D eigenvalue weighted by atomic mass is 35.5. The van der Waals surface area contributed by atoms with Crippen LogP contribution in [-0.2, 0) is 9.59 Å². The van der Waals surface area contributed by atoms with Gasteiger partial charge in [0.2, 0.25) is 0 Å². The Bertz CT molecular complexity index is 859. The number of nitrogens with zero attached hydrogens (tertiary/aromatic N) is 4. The van der Waals surface area contributed by atoms with Crippen molar-refractivity contribution in [2.45, 2.75) is 0 Å². The lowest BCUT2D eigenvalue weighted by atomic mass is 10.2. The number of pyridine rings is 1. The highest BCUT2D eigenvalue weighted by Crippen LogP contribution is 2.26. The van der Waals surface area contributed by atoms with Crippen LogP contribution in [0.5, 0.6) is 0 Å². The molecule has 2 aromatic rings. The van der Waals surface area contributed by atoms with Gasteiger partial charge >= 0.3 is 0 Å². The van der Waals surface area contributed by atoms with E-state index >= 15 is 0 Å². The summed E-state index contributed by atoms with van der Waals surface area (Å²) in [5.74, 6) is 0.320. The van der Waals surface area contributed by atoms with Gasteiger partial charge in [-0.15, -0.1) is 0 Å². The number of halogens is 1. The van der Waals surface area contributed by atoms with Crippen LogP contribution in [0.2, 0.25) is 5.02 Å². The number of carbonyl (C=O) groups is 2. The minimum absolute atomic E-state index is 0.288. The minimum atomic E-state index is -0.320. The molecule has 0 atom stereocenters. The number of amides is 2. The summed E-state index contributed by atoms with van der Waals surface area (Å²) in [6.45, 7) is 2.82. The quantitative estimate of drug-likeness (QED) is 0.778. The van der Waals surface area contributed by atoms with Crippen molar-refractivity contribution in [3.63, 3.8) is 0 Å². The van der Waals surface area contributed by atoms with Gasteiger partial charge in [0.1, 0.15) is 11.5 Å². The average Bonchev–Trinajstić information content (AvgIpc) is 2.98. The Kier molecular flexibility index (Phi) is 4.34. The Hall–Kier alpha value is -2.86. The Morgan fingerprint density at radius 2 is 1.58 bits per heavy atom. The number of rotatable bonds is 3. The molecule has 2 aliphatic heterocycles. The fourth-order valence-electron chi connectivity index (χ4n) is 3.24. The zero-order valence-electron chi connectivity index (χ0n) is 14.0. The number of aromatic nitrogens is 1. The predicted molar refractivity (Wildman–Crippen MR) is 100 cm³/mol. The third kappa shape index (κ3) is 3.04. The maximum Gasteiger partial charge on any atom is 0.281 e. The van der Waals surface area contributed by atoms with E-state index in [0.717, 1.165) is 18.9 Å². The molecular weight excluding hydrogens is 352 g/mol. The number of imide groups is 1. The average molecular weight is 369 g/mol. The molecule has 1 fully saturated rings. The molecule has 6 nitrogen and oxygen atoms in total. The number of anilines is 2. The Labute approximate surface area is 156 Å². The lowest BCUT2D eigenvalue weighted by molar-refractivity contribution is -0.120. The fourth-order valence-corrected chi connectivity index (χ4v) is 3.36. The minimum Gasteiger partial charge on any atom is -0.363 e. The molecule has 0 saturated carbocycles. The van der Waals surface area contributed by atoms with Crippen molar-refractivity contribution in [3.8, 4) is 0 Å². The van der Waals surface area contributed by atoms with Crippen molar-refractivity contribution >= 4 is 34.9 Å². The molecule has 0 aliphatic carbocycles. The van der Waals surface area contributed by atoms with E-state index in [1.54, 1.807) is 30.5 Å². The third-order valence-corrected chi connectivity index (χ3v) is 4.83. The van der Waals surface area contributed by atoms with Gasteiger partial charge in [-0.05, 0) is 36.4 Å². The van der Waals surface area contributed by atoms with Crippen LogP contribution in [0, 0.1) is 0 Å². The van der Waals surface area contributed by atoms with E-state index in [1.807, 2.05) is 23.1 Å². The van der Waals surface area contributed by atoms with Gasteiger partial charge in [0, 0.05) is 43.5 Å². The van der Waals surface area contributed by atoms with Gasteiger partial charge in [-0.1, -0.05) is 17.7 Å². The van der Waals surface area contributed by atoms with Crippen molar-refractivity contribution in [3.05, 3.63) is 65.5 Å². The van der Waals surface area contributed by atoms with Crippen LogP contribution < -0.4 is 9.80 Å². The molecule has 1 aromatic heterocycles. The molecule has 1 saturated heterocycles. The summed E-state index contributed by atoms with van der Waals surface area (Å²) in [6.07, 6.45) is 3.20. The Morgan fingerprint density at radius 3 is 2.23 bits per heavy atom. The Balaban J connectivity index is 1.46. The molecule has 26 heavy (non-hydrogen) atoms. The number of carbonyl (C=O) groups excluding carboxylic acids is 2. The van der Waals surface area contributed by atoms with Gasteiger partial charge in [-0.3, -0.25) is 9.59 Å². The molecular formula is C19H17ClN4O2. The van der Waals surface area contributed by atoms with Crippen LogP contribution in [0.1, 0.15) is 0 Å². The Morgan fingerprint density at radius 1 is 0.885 bits per heavy atom. The third-order valence-electron chi connectivity index (χ3n) is 4.58. The largest absolute Gasteiger partial charge is 0.363 e. The molecule has 1 aromatic carbocycles. The van der Waals surface area contributed by atoms with Gasteiger partial charge in [0.25, 0.3) is 11.8 Å². The van der Waals surface area contributed by atoms with E-state index in [9.17, 15) is 9.59 Å². The zero-order valence-corrected chi connectivity index (χ0v) is 14.8. The lowest BCUT2D eigenvalue weighted by Gasteiger charge is -2.36. The molecule has 0 spiro atoms. The number of hydrogen-bond donors (Lipinski definition) is 0. The van der Waals surface area contributed by atoms with Crippen molar-refractivity contribution in [1.29, 1.82) is 0 Å². The first-order valence-electron chi connectivity index (χ1n) is 8.40. The molecule has 3 heterocycles. The van der Waals surface area contributed by atoms with Crippen LogP contribution in [0.3, 0.4) is 0 Å². The molecule has 7 heteroatoms. The number of piperazine rings is 1. The highest BCUT2D eigenvalue weighted by molar-refractivity contribution is 6.32. The molecule has 132 valence electrons. The summed E-state index contributed by atoms with van der Waals surface area (Å²) >= 11 is 5.89. The fraction of sp³-hybridized carbons (Fsp3) is 0.211. The summed E-state index contributed by atoms with van der Waals surface area (Å²) in [5, 5.41) is 0.562. The smallest absolute Gasteiger partial charge is 0.281 e. The van der Waals surface area contributed by atoms with Gasteiger partial charge in [0.15, 0.2) is 0 Å². The van der Waals surface area contributed by atoms with Crippen LogP contribution in [-0.4, -0.2) is 47.9 Å². The summed E-state index contributed by atoms with van der Waals surface area (Å²) in [6, 6.07) is 12.5. The molecule has 0 N–H and O–H groups in total. The van der Waals surface area contributed by atoms with Gasteiger partial charge in [-0.2, -0.15) is 0 Å². The normalized spacial score (nSPS) is 17.7. The molecule has 0 bridgehead atoms. The maximum atomic E-state index is 12.8. The summed E-state index contributed by atoms with van der Waals surface area (Å²) in [5.41, 5.74) is 0.980. The first-order valence-corrected chi connectivity index (χ1v) is 8.78. The molecule has 4 rings (SSSR count). The van der Waals surface area contributed by atoms with E-state index < -0.39 is 0 Å². The topological polar surface area (TPSA) is 56.8 Å². The van der Waals surface area contributed by atoms with Crippen molar-refractivity contribution in [2.24, 2.45) is 0 Å². The first kappa shape index (κ1) is 16.6. The van der Waals surface area contributed by atoms with E-state index in [4.69, 9.17) is 11.6 Å². The van der Waals surface area contributed by atoms with Crippen molar-refractivity contribution in [2.75, 3.05) is 36.0 Å². The number of hydrogen-bond acceptors (Lipinski definition) is 5. The highest BCUT2D eigenvalue weighted by Gasteiger charge is 2.36. The molecule has 0 unspecified atom stereocenters. The maximum absolute atomic E-state index is 12.8. The molecule has 2 amide bonds. The van der Waals surface area contributed by atoms with Gasteiger partial charge in [-0.25, -0.2) is 9.88 Å². The second-order valence-electron chi connectivity index (χ2n) is 6.15. The van der Waals surface area contributed by atoms with Crippen molar-refractivity contribution in [1.82, 2.24) is 9.88 Å². The van der Waals surface area contributed by atoms with E-state index in [-0.39, 0.29) is 11.8 Å². The summed E-state index contributed by atoms with van der Waals surface area (Å²) in [4.78, 5) is 34.8. The van der Waals surface area contributed by atoms with Crippen LogP contribution >= 0.6 is 11.6 Å². The second-order valence-corrected chi connectivity index (χ2v) is 6.58. The first-order chi connectivity index (χ1) is 12.6. The monoisotopic (exact) mass is 368 g/mol. The summed E-state index contributed by atoms with van der Waals surface area (Å²) in [7, 11) is 0. The van der Waals surface area contributed by atoms with Gasteiger partial charge in [0.05, 0.1) is 5.69 Å². The predicted octanol–water partition coefficient (Wildman–Crippen LogP) is 2.31. The summed E-state index contributed by atoms with van der Waals surface area (Å²) < 4.78 is 0. The zero-order chi connectivity index (χ0) is 18.1. The standard InChI is InChI=1S/C19H17ClN4O2/c20-14-4-6-15(7-5-14)24-18(25)13-16(19(24)26)22-9-11-23(12-10-22)17-3-1-2-8-21-17/h1-8,13H,9-12H2. The van der Waals surface area contributed by atoms with E-state index in [2.05, 4.69) is 9.88 Å². The number of benzene rings is 1. The second kappa shape index (κ2) is 6.80. The SMILES string of the molecule is O=C1C=C(N2CCN(c3ccccn3)CC2)C(=O)N1c1ccc(Cl)cc1. The lowest BCUT2D eigenvalue weighted by Crippen LogP contribution is -2.47. The van der Waals surface area contributed by atoms with Crippen LogP contribution in [0.25, 0.3) is 0 Å². The molecule has 0 radical (unpaired) electrons. The van der Waals surface area contributed by atoms with Crippen LogP contribution in [0.4, 0.5) is 11.5 Å². The van der Waals surface area contributed by atoms with Gasteiger partial charge < -0.3 is 9.80 Å². The van der Waals surface area contributed by atoms with Crippen molar-refractivity contribution < 1.29 is 9.59 Å². The van der Waals surface area contributed by atoms with E-state index in [1.165, 1.54) is 11.0 Å². The molecule has 2 aliphatic rings. The van der Waals surface area contributed by atoms with Crippen LogP contribution in [0.15, 0.2) is 60.4 Å².